The standard InChI is InChI=1S/C15H21N7S/c1-12-17-13(20-4-2-3-5-20)10-14(18-12)21-6-8-22(9-7-21)15-19-16-11-23-15/h10-11H,2-9H2,1H3. The van der Waals surface area contributed by atoms with Crippen LogP contribution in [0, 0.1) is 6.92 Å². The molecule has 122 valence electrons. The summed E-state index contributed by atoms with van der Waals surface area (Å²) in [5.41, 5.74) is 1.79. The number of hydrogen-bond donors (Lipinski definition) is 0. The zero-order valence-electron chi connectivity index (χ0n) is 13.4. The quantitative estimate of drug-likeness (QED) is 0.846. The summed E-state index contributed by atoms with van der Waals surface area (Å²) in [4.78, 5) is 16.3. The van der Waals surface area contributed by atoms with Gasteiger partial charge in [0.15, 0.2) is 0 Å². The number of rotatable bonds is 3. The van der Waals surface area contributed by atoms with Crippen molar-refractivity contribution in [1.29, 1.82) is 0 Å². The SMILES string of the molecule is Cc1nc(N2CCCC2)cc(N2CCN(c3nncs3)CC2)n1. The minimum absolute atomic E-state index is 0.857. The van der Waals surface area contributed by atoms with Crippen molar-refractivity contribution in [3.05, 3.63) is 17.4 Å². The fraction of sp³-hybridized carbons (Fsp3) is 0.600. The molecular formula is C15H21N7S. The summed E-state index contributed by atoms with van der Waals surface area (Å²) in [5, 5.41) is 9.11. The fourth-order valence-electron chi connectivity index (χ4n) is 3.24. The lowest BCUT2D eigenvalue weighted by Crippen LogP contribution is -2.47. The first-order valence-electron chi connectivity index (χ1n) is 8.16. The zero-order chi connectivity index (χ0) is 15.6. The van der Waals surface area contributed by atoms with Gasteiger partial charge < -0.3 is 14.7 Å². The Bertz CT molecular complexity index is 646. The third-order valence-corrected chi connectivity index (χ3v) is 5.21. The predicted octanol–water partition coefficient (Wildman–Crippen LogP) is 1.56. The number of hydrogen-bond acceptors (Lipinski definition) is 8. The van der Waals surface area contributed by atoms with Crippen molar-refractivity contribution in [3.8, 4) is 0 Å². The fourth-order valence-corrected chi connectivity index (χ4v) is 3.85. The van der Waals surface area contributed by atoms with Crippen LogP contribution in [0.25, 0.3) is 0 Å². The number of nitrogens with zero attached hydrogens (tertiary/aromatic N) is 7. The van der Waals surface area contributed by atoms with E-state index in [1.54, 1.807) is 16.8 Å². The number of anilines is 3. The van der Waals surface area contributed by atoms with Crippen molar-refractivity contribution in [3.63, 3.8) is 0 Å². The second-order valence-electron chi connectivity index (χ2n) is 6.02. The molecule has 4 rings (SSSR count). The van der Waals surface area contributed by atoms with Crippen LogP contribution in [0.1, 0.15) is 18.7 Å². The molecule has 7 nitrogen and oxygen atoms in total. The average molecular weight is 331 g/mol. The third kappa shape index (κ3) is 3.08. The first kappa shape index (κ1) is 14.6. The first-order valence-corrected chi connectivity index (χ1v) is 9.04. The van der Waals surface area contributed by atoms with Crippen molar-refractivity contribution < 1.29 is 0 Å². The van der Waals surface area contributed by atoms with E-state index in [-0.39, 0.29) is 0 Å². The molecule has 0 unspecified atom stereocenters. The molecule has 4 heterocycles. The van der Waals surface area contributed by atoms with Crippen molar-refractivity contribution in [2.45, 2.75) is 19.8 Å². The topological polar surface area (TPSA) is 61.3 Å². The minimum Gasteiger partial charge on any atom is -0.356 e. The van der Waals surface area contributed by atoms with E-state index in [0.29, 0.717) is 0 Å². The molecule has 2 aliphatic rings. The van der Waals surface area contributed by atoms with Gasteiger partial charge in [0, 0.05) is 45.3 Å². The van der Waals surface area contributed by atoms with E-state index in [1.807, 2.05) is 6.92 Å². The Balaban J connectivity index is 1.48. The van der Waals surface area contributed by atoms with Gasteiger partial charge in [-0.05, 0) is 19.8 Å². The second kappa shape index (κ2) is 6.27. The highest BCUT2D eigenvalue weighted by molar-refractivity contribution is 7.13. The molecule has 2 saturated heterocycles. The summed E-state index contributed by atoms with van der Waals surface area (Å²) in [5.74, 6) is 2.99. The Morgan fingerprint density at radius 3 is 2.09 bits per heavy atom. The van der Waals surface area contributed by atoms with Crippen molar-refractivity contribution >= 4 is 28.1 Å². The molecule has 23 heavy (non-hydrogen) atoms. The van der Waals surface area contributed by atoms with Gasteiger partial charge >= 0.3 is 0 Å². The Labute approximate surface area is 140 Å². The van der Waals surface area contributed by atoms with E-state index in [9.17, 15) is 0 Å². The highest BCUT2D eigenvalue weighted by Gasteiger charge is 2.22. The van der Waals surface area contributed by atoms with Crippen LogP contribution >= 0.6 is 11.3 Å². The summed E-state index contributed by atoms with van der Waals surface area (Å²) in [6.45, 7) is 8.03. The maximum atomic E-state index is 4.66. The first-order chi connectivity index (χ1) is 11.3. The lowest BCUT2D eigenvalue weighted by atomic mass is 10.3. The molecule has 0 aliphatic carbocycles. The van der Waals surface area contributed by atoms with E-state index >= 15 is 0 Å². The smallest absolute Gasteiger partial charge is 0.208 e. The van der Waals surface area contributed by atoms with Crippen LogP contribution in [0.15, 0.2) is 11.6 Å². The Hall–Kier alpha value is -1.96. The summed E-state index contributed by atoms with van der Waals surface area (Å²) in [6.07, 6.45) is 2.53. The lowest BCUT2D eigenvalue weighted by Gasteiger charge is -2.35. The van der Waals surface area contributed by atoms with Crippen LogP contribution < -0.4 is 14.7 Å². The highest BCUT2D eigenvalue weighted by atomic mass is 32.1. The van der Waals surface area contributed by atoms with Crippen molar-refractivity contribution in [2.75, 3.05) is 54.0 Å². The molecule has 0 saturated carbocycles. The van der Waals surface area contributed by atoms with E-state index in [0.717, 1.165) is 61.9 Å². The Morgan fingerprint density at radius 2 is 1.48 bits per heavy atom. The Morgan fingerprint density at radius 1 is 0.870 bits per heavy atom. The molecule has 0 amide bonds. The van der Waals surface area contributed by atoms with E-state index in [4.69, 9.17) is 0 Å². The van der Waals surface area contributed by atoms with Gasteiger partial charge in [0.2, 0.25) is 5.13 Å². The largest absolute Gasteiger partial charge is 0.356 e. The van der Waals surface area contributed by atoms with Crippen molar-refractivity contribution in [1.82, 2.24) is 20.2 Å². The maximum absolute atomic E-state index is 4.66. The molecule has 0 aromatic carbocycles. The van der Waals surface area contributed by atoms with Gasteiger partial charge in [0.1, 0.15) is 23.0 Å². The zero-order valence-corrected chi connectivity index (χ0v) is 14.2. The van der Waals surface area contributed by atoms with Gasteiger partial charge in [-0.15, -0.1) is 10.2 Å². The van der Waals surface area contributed by atoms with E-state index in [2.05, 4.69) is 40.9 Å². The average Bonchev–Trinajstić information content (AvgIpc) is 3.28. The van der Waals surface area contributed by atoms with Crippen molar-refractivity contribution in [2.24, 2.45) is 0 Å². The lowest BCUT2D eigenvalue weighted by molar-refractivity contribution is 0.642. The molecule has 2 fully saturated rings. The van der Waals surface area contributed by atoms with Gasteiger partial charge in [-0.25, -0.2) is 9.97 Å². The normalized spacial score (nSPS) is 18.7. The van der Waals surface area contributed by atoms with Gasteiger partial charge in [-0.1, -0.05) is 11.3 Å². The molecule has 0 radical (unpaired) electrons. The van der Waals surface area contributed by atoms with Crippen LogP contribution in [0.4, 0.5) is 16.8 Å². The molecule has 0 atom stereocenters. The van der Waals surface area contributed by atoms with E-state index < -0.39 is 0 Å². The molecule has 2 aromatic heterocycles. The van der Waals surface area contributed by atoms with Gasteiger partial charge in [0.05, 0.1) is 0 Å². The second-order valence-corrected chi connectivity index (χ2v) is 6.83. The summed E-state index contributed by atoms with van der Waals surface area (Å²) in [6, 6.07) is 2.15. The summed E-state index contributed by atoms with van der Waals surface area (Å²) < 4.78 is 0. The van der Waals surface area contributed by atoms with Crippen LogP contribution in [-0.2, 0) is 0 Å². The molecule has 2 aromatic rings. The number of aryl methyl sites for hydroxylation is 1. The van der Waals surface area contributed by atoms with E-state index in [1.165, 1.54) is 12.8 Å². The van der Waals surface area contributed by atoms with Crippen LogP contribution in [0.2, 0.25) is 0 Å². The Kier molecular flexibility index (Phi) is 3.99. The predicted molar refractivity (Wildman–Crippen MR) is 92.6 cm³/mol. The van der Waals surface area contributed by atoms with Gasteiger partial charge in [0.25, 0.3) is 0 Å². The maximum Gasteiger partial charge on any atom is 0.208 e. The third-order valence-electron chi connectivity index (χ3n) is 4.46. The van der Waals surface area contributed by atoms with Crippen LogP contribution in [0.3, 0.4) is 0 Å². The summed E-state index contributed by atoms with van der Waals surface area (Å²) >= 11 is 1.60. The monoisotopic (exact) mass is 331 g/mol. The molecule has 0 spiro atoms. The minimum atomic E-state index is 0.857. The van der Waals surface area contributed by atoms with Gasteiger partial charge in [-0.2, -0.15) is 0 Å². The molecule has 2 aliphatic heterocycles. The number of aromatic nitrogens is 4. The molecule has 0 bridgehead atoms. The molecule has 8 heteroatoms. The number of piperazine rings is 1. The van der Waals surface area contributed by atoms with Crippen LogP contribution in [0.5, 0.6) is 0 Å². The van der Waals surface area contributed by atoms with Crippen LogP contribution in [-0.4, -0.2) is 59.4 Å². The molecule has 0 N–H and O–H groups in total. The highest BCUT2D eigenvalue weighted by Crippen LogP contribution is 2.24. The summed E-state index contributed by atoms with van der Waals surface area (Å²) in [7, 11) is 0. The van der Waals surface area contributed by atoms with Gasteiger partial charge in [-0.3, -0.25) is 0 Å². The molecular weight excluding hydrogens is 310 g/mol.